The molecule has 1 aromatic carbocycles. The van der Waals surface area contributed by atoms with Gasteiger partial charge >= 0.3 is 13.1 Å². The van der Waals surface area contributed by atoms with Crippen LogP contribution in [0.2, 0.25) is 0 Å². The van der Waals surface area contributed by atoms with E-state index in [9.17, 15) is 14.6 Å². The van der Waals surface area contributed by atoms with Crippen LogP contribution in [0.5, 0.6) is 5.75 Å². The number of carboxylic acid groups (broad SMARTS) is 1. The number of rotatable bonds is 4. The van der Waals surface area contributed by atoms with Crippen molar-refractivity contribution in [2.75, 3.05) is 5.75 Å². The van der Waals surface area contributed by atoms with Crippen molar-refractivity contribution < 1.29 is 24.4 Å². The highest BCUT2D eigenvalue weighted by molar-refractivity contribution is 8.01. The SMILES string of the molecule is NC(=O)CS[C@H]1Cc2cccc(C(=O)O)c2OB1O. The highest BCUT2D eigenvalue weighted by Gasteiger charge is 2.37. The quantitative estimate of drug-likeness (QED) is 0.666. The number of thioether (sulfide) groups is 1. The van der Waals surface area contributed by atoms with Gasteiger partial charge in [-0.05, 0) is 18.1 Å². The van der Waals surface area contributed by atoms with E-state index in [1.165, 1.54) is 17.8 Å². The normalized spacial score (nSPS) is 17.5. The van der Waals surface area contributed by atoms with E-state index >= 15 is 0 Å². The average Bonchev–Trinajstić information content (AvgIpc) is 2.35. The molecule has 4 N–H and O–H groups in total. The minimum absolute atomic E-state index is 0.0231. The van der Waals surface area contributed by atoms with Crippen molar-refractivity contribution in [3.8, 4) is 5.75 Å². The van der Waals surface area contributed by atoms with Gasteiger partial charge in [-0.25, -0.2) is 4.79 Å². The van der Waals surface area contributed by atoms with Gasteiger partial charge in [0.15, 0.2) is 0 Å². The molecule has 0 saturated heterocycles. The van der Waals surface area contributed by atoms with Gasteiger partial charge in [0.1, 0.15) is 5.75 Å². The van der Waals surface area contributed by atoms with Crippen LogP contribution < -0.4 is 10.4 Å². The summed E-state index contributed by atoms with van der Waals surface area (Å²) in [6.07, 6.45) is 0.426. The summed E-state index contributed by atoms with van der Waals surface area (Å²) in [6.45, 7) is 0. The molecule has 0 fully saturated rings. The molecule has 1 aliphatic heterocycles. The number of hydrogen-bond donors (Lipinski definition) is 3. The lowest BCUT2D eigenvalue weighted by Crippen LogP contribution is -2.41. The van der Waals surface area contributed by atoms with Crippen molar-refractivity contribution in [3.63, 3.8) is 0 Å². The van der Waals surface area contributed by atoms with Crippen molar-refractivity contribution in [3.05, 3.63) is 29.3 Å². The summed E-state index contributed by atoms with van der Waals surface area (Å²) in [7, 11) is -1.16. The molecular formula is C11H12BNO5S. The highest BCUT2D eigenvalue weighted by atomic mass is 32.2. The lowest BCUT2D eigenvalue weighted by molar-refractivity contribution is -0.115. The van der Waals surface area contributed by atoms with Gasteiger partial charge in [-0.15, -0.1) is 11.8 Å². The first-order valence-electron chi connectivity index (χ1n) is 5.59. The van der Waals surface area contributed by atoms with Crippen LogP contribution in [-0.4, -0.2) is 40.0 Å². The molecule has 8 heteroatoms. The Morgan fingerprint density at radius 2 is 2.26 bits per heavy atom. The van der Waals surface area contributed by atoms with Crippen LogP contribution in [0.15, 0.2) is 18.2 Å². The molecule has 19 heavy (non-hydrogen) atoms. The van der Waals surface area contributed by atoms with Crippen LogP contribution in [0.4, 0.5) is 0 Å². The van der Waals surface area contributed by atoms with E-state index in [4.69, 9.17) is 15.5 Å². The monoisotopic (exact) mass is 281 g/mol. The van der Waals surface area contributed by atoms with Gasteiger partial charge in [-0.3, -0.25) is 4.79 Å². The Kier molecular flexibility index (Phi) is 4.01. The van der Waals surface area contributed by atoms with Crippen molar-refractivity contribution in [2.24, 2.45) is 5.73 Å². The Balaban J connectivity index is 2.22. The predicted octanol–water partition coefficient (Wildman–Crippen LogP) is -0.0735. The zero-order chi connectivity index (χ0) is 14.0. The van der Waals surface area contributed by atoms with Crippen molar-refractivity contribution in [1.82, 2.24) is 0 Å². The number of primary amides is 1. The minimum atomic E-state index is -1.16. The lowest BCUT2D eigenvalue weighted by Gasteiger charge is -2.27. The fraction of sp³-hybridized carbons (Fsp3) is 0.273. The minimum Gasteiger partial charge on any atom is -0.535 e. The Morgan fingerprint density at radius 1 is 1.53 bits per heavy atom. The van der Waals surface area contributed by atoms with Gasteiger partial charge in [0, 0.05) is 0 Å². The number of aromatic carboxylic acids is 1. The third kappa shape index (κ3) is 3.02. The van der Waals surface area contributed by atoms with Crippen LogP contribution in [0.25, 0.3) is 0 Å². The summed E-state index contributed by atoms with van der Waals surface area (Å²) in [5, 5.41) is 18.5. The number of nitrogens with two attached hydrogens (primary N) is 1. The Morgan fingerprint density at radius 3 is 2.89 bits per heavy atom. The van der Waals surface area contributed by atoms with Crippen LogP contribution >= 0.6 is 11.8 Å². The van der Waals surface area contributed by atoms with Gasteiger partial charge in [0.2, 0.25) is 5.91 Å². The van der Waals surface area contributed by atoms with Crippen molar-refractivity contribution in [2.45, 2.75) is 11.6 Å². The Bertz CT molecular complexity index is 524. The van der Waals surface area contributed by atoms with Gasteiger partial charge in [0.05, 0.1) is 16.5 Å². The van der Waals surface area contributed by atoms with Gasteiger partial charge in [0.25, 0.3) is 0 Å². The van der Waals surface area contributed by atoms with E-state index in [1.807, 2.05) is 0 Å². The van der Waals surface area contributed by atoms with E-state index in [2.05, 4.69) is 0 Å². The highest BCUT2D eigenvalue weighted by Crippen LogP contribution is 2.33. The molecular weight excluding hydrogens is 269 g/mol. The van der Waals surface area contributed by atoms with Gasteiger partial charge in [-0.1, -0.05) is 12.1 Å². The molecule has 0 saturated carbocycles. The number of carbonyl (C=O) groups excluding carboxylic acids is 1. The van der Waals surface area contributed by atoms with E-state index in [0.29, 0.717) is 12.0 Å². The second-order valence-corrected chi connectivity index (χ2v) is 5.35. The van der Waals surface area contributed by atoms with Crippen LogP contribution in [0, 0.1) is 0 Å². The molecule has 100 valence electrons. The van der Waals surface area contributed by atoms with Crippen LogP contribution in [-0.2, 0) is 11.2 Å². The van der Waals surface area contributed by atoms with E-state index in [0.717, 1.165) is 0 Å². The molecule has 0 bridgehead atoms. The molecule has 0 spiro atoms. The lowest BCUT2D eigenvalue weighted by atomic mass is 9.77. The average molecular weight is 281 g/mol. The van der Waals surface area contributed by atoms with E-state index in [1.54, 1.807) is 12.1 Å². The summed E-state index contributed by atoms with van der Waals surface area (Å²) in [6, 6.07) is 4.79. The number of amides is 1. The first kappa shape index (κ1) is 13.8. The molecule has 1 atom stereocenters. The maximum Gasteiger partial charge on any atom is 0.536 e. The van der Waals surface area contributed by atoms with Gasteiger partial charge < -0.3 is 20.5 Å². The second-order valence-electron chi connectivity index (χ2n) is 4.13. The van der Waals surface area contributed by atoms with Gasteiger partial charge in [-0.2, -0.15) is 0 Å². The molecule has 1 aliphatic rings. The number of fused-ring (bicyclic) bond motifs is 1. The van der Waals surface area contributed by atoms with E-state index < -0.39 is 19.0 Å². The molecule has 6 nitrogen and oxygen atoms in total. The van der Waals surface area contributed by atoms with E-state index in [-0.39, 0.29) is 22.2 Å². The predicted molar refractivity (Wildman–Crippen MR) is 71.1 cm³/mol. The van der Waals surface area contributed by atoms with Crippen molar-refractivity contribution in [1.29, 1.82) is 0 Å². The third-order valence-corrected chi connectivity index (χ3v) is 4.02. The molecule has 2 rings (SSSR count). The maximum absolute atomic E-state index is 11.0. The molecule has 1 heterocycles. The fourth-order valence-corrected chi connectivity index (χ4v) is 2.79. The third-order valence-electron chi connectivity index (χ3n) is 2.74. The first-order valence-corrected chi connectivity index (χ1v) is 6.63. The van der Waals surface area contributed by atoms with Crippen molar-refractivity contribution >= 4 is 30.8 Å². The first-order chi connectivity index (χ1) is 8.99. The maximum atomic E-state index is 11.0. The van der Waals surface area contributed by atoms with Crippen LogP contribution in [0.3, 0.4) is 0 Å². The summed E-state index contributed by atoms with van der Waals surface area (Å²) < 4.78 is 5.27. The second kappa shape index (κ2) is 5.54. The number of hydrogen-bond acceptors (Lipinski definition) is 5. The number of para-hydroxylation sites is 1. The molecule has 0 radical (unpaired) electrons. The molecule has 0 unspecified atom stereocenters. The zero-order valence-electron chi connectivity index (χ0n) is 9.91. The Hall–Kier alpha value is -1.67. The molecule has 1 aromatic rings. The summed E-state index contributed by atoms with van der Waals surface area (Å²) >= 11 is 1.19. The van der Waals surface area contributed by atoms with Crippen LogP contribution in [0.1, 0.15) is 15.9 Å². The standard InChI is InChI=1S/C11H12BNO5S/c13-9(14)5-19-8-4-6-2-1-3-7(11(15)16)10(6)18-12(8)17/h1-3,8,17H,4-5H2,(H2,13,14)(H,15,16)/t8-/m0/s1. The fourth-order valence-electron chi connectivity index (χ4n) is 1.90. The summed E-state index contributed by atoms with van der Waals surface area (Å²) in [5.74, 6) is -1.30. The topological polar surface area (TPSA) is 110 Å². The zero-order valence-corrected chi connectivity index (χ0v) is 10.7. The molecule has 1 amide bonds. The molecule has 0 aromatic heterocycles. The smallest absolute Gasteiger partial charge is 0.535 e. The number of benzene rings is 1. The Labute approximate surface area is 114 Å². The summed E-state index contributed by atoms with van der Waals surface area (Å²) in [4.78, 5) is 21.8. The summed E-state index contributed by atoms with van der Waals surface area (Å²) in [5.41, 5.74) is 5.78. The number of carbonyl (C=O) groups is 2. The number of carboxylic acids is 1. The largest absolute Gasteiger partial charge is 0.536 e. The molecule has 0 aliphatic carbocycles.